The molecule has 1 aromatic carbocycles. The van der Waals surface area contributed by atoms with Gasteiger partial charge in [-0.15, -0.1) is 11.3 Å². The summed E-state index contributed by atoms with van der Waals surface area (Å²) >= 11 is 1.63. The van der Waals surface area contributed by atoms with Crippen LogP contribution in [0.1, 0.15) is 12.5 Å². The van der Waals surface area contributed by atoms with Gasteiger partial charge in [0.2, 0.25) is 0 Å². The molecule has 0 aliphatic heterocycles. The number of hydrogen-bond donors (Lipinski definition) is 2. The first-order valence-corrected chi connectivity index (χ1v) is 9.53. The Morgan fingerprint density at radius 2 is 2.12 bits per heavy atom. The predicted octanol–water partition coefficient (Wildman–Crippen LogP) is 4.74. The minimum Gasteiger partial charge on any atom is -0.493 e. The van der Waals surface area contributed by atoms with Crippen molar-refractivity contribution >= 4 is 28.1 Å². The zero-order valence-corrected chi connectivity index (χ0v) is 15.3. The number of rotatable bonds is 7. The average molecular weight is 364 g/mol. The Kier molecular flexibility index (Phi) is 4.84. The predicted molar refractivity (Wildman–Crippen MR) is 107 cm³/mol. The third-order valence-corrected chi connectivity index (χ3v) is 5.08. The van der Waals surface area contributed by atoms with Crippen molar-refractivity contribution in [1.82, 2.24) is 15.0 Å². The lowest BCUT2D eigenvalue weighted by atomic mass is 10.1. The average Bonchev–Trinajstić information content (AvgIpc) is 3.31. The van der Waals surface area contributed by atoms with E-state index in [2.05, 4.69) is 44.5 Å². The maximum Gasteiger partial charge on any atom is 0.130 e. The van der Waals surface area contributed by atoms with E-state index in [1.54, 1.807) is 17.7 Å². The molecule has 0 saturated heterocycles. The molecule has 4 rings (SSSR count). The molecule has 2 N–H and O–H groups in total. The van der Waals surface area contributed by atoms with Gasteiger partial charge >= 0.3 is 0 Å². The molecule has 3 heterocycles. The van der Waals surface area contributed by atoms with Gasteiger partial charge in [-0.3, -0.25) is 0 Å². The van der Waals surface area contributed by atoms with E-state index in [-0.39, 0.29) is 0 Å². The first-order valence-electron chi connectivity index (χ1n) is 8.65. The molecule has 3 aromatic heterocycles. The van der Waals surface area contributed by atoms with Crippen LogP contribution >= 0.6 is 11.3 Å². The molecule has 132 valence electrons. The van der Waals surface area contributed by atoms with Gasteiger partial charge in [-0.1, -0.05) is 12.1 Å². The van der Waals surface area contributed by atoms with Crippen molar-refractivity contribution in [1.29, 1.82) is 0 Å². The van der Waals surface area contributed by atoms with Crippen molar-refractivity contribution in [3.05, 3.63) is 59.9 Å². The maximum absolute atomic E-state index is 5.53. The number of H-pyrrole nitrogens is 1. The van der Waals surface area contributed by atoms with Gasteiger partial charge in [-0.05, 0) is 36.4 Å². The van der Waals surface area contributed by atoms with Gasteiger partial charge in [0.1, 0.15) is 17.9 Å². The van der Waals surface area contributed by atoms with Crippen molar-refractivity contribution in [2.45, 2.75) is 13.3 Å². The number of aromatic nitrogens is 3. The number of aromatic amines is 1. The summed E-state index contributed by atoms with van der Waals surface area (Å²) in [5.74, 6) is 1.72. The molecule has 0 unspecified atom stereocenters. The second-order valence-corrected chi connectivity index (χ2v) is 6.86. The summed E-state index contributed by atoms with van der Waals surface area (Å²) in [6, 6.07) is 12.6. The third-order valence-electron chi connectivity index (χ3n) is 4.15. The van der Waals surface area contributed by atoms with Crippen molar-refractivity contribution in [3.63, 3.8) is 0 Å². The number of nitrogens with one attached hydrogen (secondary N) is 2. The lowest BCUT2D eigenvalue weighted by Crippen LogP contribution is -2.06. The topological polar surface area (TPSA) is 62.8 Å². The molecular formula is C20H20N4OS. The number of nitrogens with zero attached hydrogens (tertiary/aromatic N) is 2. The van der Waals surface area contributed by atoms with E-state index in [1.807, 2.05) is 30.6 Å². The third kappa shape index (κ3) is 3.70. The van der Waals surface area contributed by atoms with Crippen LogP contribution in [-0.4, -0.2) is 28.1 Å². The van der Waals surface area contributed by atoms with Gasteiger partial charge in [0.15, 0.2) is 0 Å². The molecule has 0 aliphatic rings. The van der Waals surface area contributed by atoms with Gasteiger partial charge in [-0.25, -0.2) is 9.97 Å². The van der Waals surface area contributed by atoms with Gasteiger partial charge in [0.25, 0.3) is 0 Å². The molecule has 0 aliphatic carbocycles. The second-order valence-electron chi connectivity index (χ2n) is 5.94. The highest BCUT2D eigenvalue weighted by Gasteiger charge is 2.06. The number of fused-ring (bicyclic) bond motifs is 1. The second kappa shape index (κ2) is 7.58. The van der Waals surface area contributed by atoms with Crippen LogP contribution < -0.4 is 10.1 Å². The molecule has 0 atom stereocenters. The summed E-state index contributed by atoms with van der Waals surface area (Å²) in [5, 5.41) is 6.63. The molecule has 0 bridgehead atoms. The molecule has 5 nitrogen and oxygen atoms in total. The summed E-state index contributed by atoms with van der Waals surface area (Å²) in [6.07, 6.45) is 4.50. The van der Waals surface area contributed by atoms with E-state index >= 15 is 0 Å². The van der Waals surface area contributed by atoms with E-state index in [0.717, 1.165) is 35.1 Å². The number of ether oxygens (including phenoxy) is 1. The van der Waals surface area contributed by atoms with Crippen LogP contribution in [0.2, 0.25) is 0 Å². The fraction of sp³-hybridized carbons (Fsp3) is 0.200. The molecule has 0 fully saturated rings. The van der Waals surface area contributed by atoms with E-state index in [0.29, 0.717) is 6.61 Å². The fourth-order valence-electron chi connectivity index (χ4n) is 2.87. The smallest absolute Gasteiger partial charge is 0.130 e. The monoisotopic (exact) mass is 364 g/mol. The zero-order chi connectivity index (χ0) is 17.8. The highest BCUT2D eigenvalue weighted by atomic mass is 32.1. The van der Waals surface area contributed by atoms with Gasteiger partial charge in [0, 0.05) is 35.8 Å². The van der Waals surface area contributed by atoms with Crippen molar-refractivity contribution in [3.8, 4) is 16.3 Å². The minimum atomic E-state index is 0.668. The molecule has 26 heavy (non-hydrogen) atoms. The van der Waals surface area contributed by atoms with E-state index < -0.39 is 0 Å². The van der Waals surface area contributed by atoms with Crippen LogP contribution in [0.15, 0.2) is 54.3 Å². The summed E-state index contributed by atoms with van der Waals surface area (Å²) < 4.78 is 5.53. The number of thiophene rings is 1. The van der Waals surface area contributed by atoms with Crippen molar-refractivity contribution < 1.29 is 4.74 Å². The zero-order valence-electron chi connectivity index (χ0n) is 14.5. The molecule has 6 heteroatoms. The van der Waals surface area contributed by atoms with E-state index in [4.69, 9.17) is 4.74 Å². The SMILES string of the molecule is CCOc1csc(-c2cc(NCCc3ccc4cc[nH]c4c3)ncn2)c1. The van der Waals surface area contributed by atoms with Crippen molar-refractivity contribution in [2.24, 2.45) is 0 Å². The normalized spacial score (nSPS) is 11.0. The Balaban J connectivity index is 1.40. The number of anilines is 1. The quantitative estimate of drug-likeness (QED) is 0.497. The van der Waals surface area contributed by atoms with Crippen LogP contribution in [0.4, 0.5) is 5.82 Å². The summed E-state index contributed by atoms with van der Waals surface area (Å²) in [4.78, 5) is 13.0. The Labute approximate surface area is 156 Å². The molecule has 0 amide bonds. The van der Waals surface area contributed by atoms with E-state index in [9.17, 15) is 0 Å². The van der Waals surface area contributed by atoms with Crippen molar-refractivity contribution in [2.75, 3.05) is 18.5 Å². The summed E-state index contributed by atoms with van der Waals surface area (Å²) in [5.41, 5.74) is 3.38. The first kappa shape index (κ1) is 16.6. The highest BCUT2D eigenvalue weighted by molar-refractivity contribution is 7.13. The van der Waals surface area contributed by atoms with Crippen LogP contribution in [0.25, 0.3) is 21.5 Å². The molecule has 0 radical (unpaired) electrons. The Hall–Kier alpha value is -2.86. The number of hydrogen-bond acceptors (Lipinski definition) is 5. The fourth-order valence-corrected chi connectivity index (χ4v) is 3.67. The molecule has 0 spiro atoms. The van der Waals surface area contributed by atoms with Crippen LogP contribution in [0, 0.1) is 0 Å². The Bertz CT molecular complexity index is 1010. The summed E-state index contributed by atoms with van der Waals surface area (Å²) in [7, 11) is 0. The lowest BCUT2D eigenvalue weighted by molar-refractivity contribution is 0.342. The summed E-state index contributed by atoms with van der Waals surface area (Å²) in [6.45, 7) is 3.47. The van der Waals surface area contributed by atoms with Crippen LogP contribution in [0.5, 0.6) is 5.75 Å². The van der Waals surface area contributed by atoms with Gasteiger partial charge in [0.05, 0.1) is 17.2 Å². The standard InChI is InChI=1S/C20H20N4OS/c1-2-25-16-10-19(26-12-16)18-11-20(24-13-23-18)22-7-5-14-3-4-15-6-8-21-17(15)9-14/h3-4,6,8-13,21H,2,5,7H2,1H3,(H,22,23,24). The van der Waals surface area contributed by atoms with Gasteiger partial charge in [-0.2, -0.15) is 0 Å². The lowest BCUT2D eigenvalue weighted by Gasteiger charge is -2.07. The Morgan fingerprint density at radius 3 is 3.04 bits per heavy atom. The van der Waals surface area contributed by atoms with E-state index in [1.165, 1.54) is 16.5 Å². The molecular weight excluding hydrogens is 344 g/mol. The molecule has 0 saturated carbocycles. The van der Waals surface area contributed by atoms with Crippen LogP contribution in [-0.2, 0) is 6.42 Å². The molecule has 4 aromatic rings. The highest BCUT2D eigenvalue weighted by Crippen LogP contribution is 2.30. The first-order chi connectivity index (χ1) is 12.8. The number of benzene rings is 1. The minimum absolute atomic E-state index is 0.668. The van der Waals surface area contributed by atoms with Crippen LogP contribution in [0.3, 0.4) is 0 Å². The maximum atomic E-state index is 5.53. The largest absolute Gasteiger partial charge is 0.493 e. The Morgan fingerprint density at radius 1 is 1.15 bits per heavy atom. The van der Waals surface area contributed by atoms with Gasteiger partial charge < -0.3 is 15.0 Å².